The minimum atomic E-state index is -1.12. The predicted molar refractivity (Wildman–Crippen MR) is 149 cm³/mol. The van der Waals surface area contributed by atoms with Crippen LogP contribution in [0.5, 0.6) is 0 Å². The van der Waals surface area contributed by atoms with Crippen LogP contribution in [0.15, 0.2) is 42.5 Å². The zero-order valence-electron chi connectivity index (χ0n) is 24.1. The molecule has 11 heteroatoms. The van der Waals surface area contributed by atoms with Crippen molar-refractivity contribution in [3.63, 3.8) is 0 Å². The van der Waals surface area contributed by atoms with Crippen LogP contribution in [0.1, 0.15) is 66.0 Å². The van der Waals surface area contributed by atoms with E-state index in [1.165, 1.54) is 12.2 Å². The summed E-state index contributed by atoms with van der Waals surface area (Å²) in [6.45, 7) is 11.1. The standard InChI is InChI=1S/C29H42N4O7/c1-7-39-22(34)14-13-21(17-20-15-16-30-25(20)35)31-27(37)24(19-11-9-8-10-12-19)32-26(36)23(18(2)3)33-28(38)40-29(4,5)6/h8-14,18,20-21,23-24H,7,15-17H2,1-6H3,(H,30,35)(H,31,37)(H,32,36)(H,33,38)/b14-13-/t20-,21+,23-,24-/m0/s1. The molecule has 1 heterocycles. The van der Waals surface area contributed by atoms with Crippen LogP contribution in [0.3, 0.4) is 0 Å². The number of hydrogen-bond acceptors (Lipinski definition) is 7. The van der Waals surface area contributed by atoms with E-state index in [4.69, 9.17) is 9.47 Å². The van der Waals surface area contributed by atoms with Crippen molar-refractivity contribution in [2.45, 2.75) is 78.1 Å². The highest BCUT2D eigenvalue weighted by atomic mass is 16.6. The SMILES string of the molecule is CCOC(=O)/C=C\[C@H](C[C@@H]1CCNC1=O)NC(=O)[C@@H](NC(=O)[C@@H](NC(=O)OC(C)(C)C)C(C)C)c1ccccc1. The normalized spacial score (nSPS) is 17.5. The number of benzene rings is 1. The van der Waals surface area contributed by atoms with Gasteiger partial charge in [-0.05, 0) is 52.0 Å². The van der Waals surface area contributed by atoms with Crippen LogP contribution in [0, 0.1) is 11.8 Å². The fourth-order valence-electron chi connectivity index (χ4n) is 4.16. The van der Waals surface area contributed by atoms with Gasteiger partial charge in [0.05, 0.1) is 6.61 Å². The quantitative estimate of drug-likeness (QED) is 0.227. The lowest BCUT2D eigenvalue weighted by Crippen LogP contribution is -2.53. The molecule has 0 spiro atoms. The van der Waals surface area contributed by atoms with Crippen molar-refractivity contribution in [2.75, 3.05) is 13.2 Å². The summed E-state index contributed by atoms with van der Waals surface area (Å²) in [5.41, 5.74) is -0.239. The Bertz CT molecular complexity index is 1070. The fourth-order valence-corrected chi connectivity index (χ4v) is 4.16. The largest absolute Gasteiger partial charge is 0.463 e. The van der Waals surface area contributed by atoms with E-state index in [2.05, 4.69) is 21.3 Å². The summed E-state index contributed by atoms with van der Waals surface area (Å²) >= 11 is 0. The number of carbonyl (C=O) groups excluding carboxylic acids is 5. The maximum absolute atomic E-state index is 13.6. The van der Waals surface area contributed by atoms with E-state index >= 15 is 0 Å². The van der Waals surface area contributed by atoms with Crippen LogP contribution in [-0.4, -0.2) is 60.6 Å². The average Bonchev–Trinajstić information content (AvgIpc) is 3.27. The summed E-state index contributed by atoms with van der Waals surface area (Å²) in [5.74, 6) is -2.46. The molecule has 1 aromatic carbocycles. The topological polar surface area (TPSA) is 152 Å². The molecule has 1 aliphatic rings. The average molecular weight is 559 g/mol. The lowest BCUT2D eigenvalue weighted by atomic mass is 9.97. The number of rotatable bonds is 12. The first-order chi connectivity index (χ1) is 18.8. The van der Waals surface area contributed by atoms with E-state index in [1.807, 2.05) is 0 Å². The third-order valence-corrected chi connectivity index (χ3v) is 6.08. The first-order valence-corrected chi connectivity index (χ1v) is 13.6. The molecule has 0 aliphatic carbocycles. The smallest absolute Gasteiger partial charge is 0.408 e. The van der Waals surface area contributed by atoms with Crippen LogP contribution in [-0.2, 0) is 28.7 Å². The molecule has 0 bridgehead atoms. The minimum Gasteiger partial charge on any atom is -0.463 e. The Morgan fingerprint density at radius 2 is 1.73 bits per heavy atom. The zero-order valence-corrected chi connectivity index (χ0v) is 24.1. The lowest BCUT2D eigenvalue weighted by molar-refractivity contribution is -0.137. The van der Waals surface area contributed by atoms with Gasteiger partial charge in [-0.3, -0.25) is 14.4 Å². The number of alkyl carbamates (subject to hydrolysis) is 1. The van der Waals surface area contributed by atoms with Gasteiger partial charge in [0.25, 0.3) is 0 Å². The fraction of sp³-hybridized carbons (Fsp3) is 0.552. The van der Waals surface area contributed by atoms with Crippen molar-refractivity contribution in [3.8, 4) is 0 Å². The van der Waals surface area contributed by atoms with Gasteiger partial charge < -0.3 is 30.7 Å². The third kappa shape index (κ3) is 10.7. The molecule has 1 saturated heterocycles. The molecule has 4 N–H and O–H groups in total. The molecule has 0 aromatic heterocycles. The van der Waals surface area contributed by atoms with Gasteiger partial charge in [-0.1, -0.05) is 50.3 Å². The Morgan fingerprint density at radius 1 is 1.05 bits per heavy atom. The Hall–Kier alpha value is -3.89. The second-order valence-electron chi connectivity index (χ2n) is 11.0. The minimum absolute atomic E-state index is 0.121. The van der Waals surface area contributed by atoms with Crippen molar-refractivity contribution in [3.05, 3.63) is 48.0 Å². The molecule has 2 rings (SSSR count). The van der Waals surface area contributed by atoms with E-state index < -0.39 is 47.6 Å². The Morgan fingerprint density at radius 3 is 2.27 bits per heavy atom. The Kier molecular flexibility index (Phi) is 12.2. The first-order valence-electron chi connectivity index (χ1n) is 13.6. The van der Waals surface area contributed by atoms with Gasteiger partial charge in [0, 0.05) is 24.6 Å². The van der Waals surface area contributed by atoms with E-state index in [0.29, 0.717) is 18.5 Å². The van der Waals surface area contributed by atoms with E-state index in [0.717, 1.165) is 0 Å². The summed E-state index contributed by atoms with van der Waals surface area (Å²) in [5, 5.41) is 11.0. The third-order valence-electron chi connectivity index (χ3n) is 6.08. The second-order valence-corrected chi connectivity index (χ2v) is 11.0. The number of hydrogen-bond donors (Lipinski definition) is 4. The summed E-state index contributed by atoms with van der Waals surface area (Å²) in [6.07, 6.45) is 2.83. The Labute approximate surface area is 235 Å². The number of carbonyl (C=O) groups is 5. The molecule has 40 heavy (non-hydrogen) atoms. The summed E-state index contributed by atoms with van der Waals surface area (Å²) in [7, 11) is 0. The highest BCUT2D eigenvalue weighted by Crippen LogP contribution is 2.19. The molecule has 11 nitrogen and oxygen atoms in total. The Balaban J connectivity index is 2.28. The number of esters is 1. The number of amides is 4. The van der Waals surface area contributed by atoms with E-state index in [-0.39, 0.29) is 30.8 Å². The maximum atomic E-state index is 13.6. The van der Waals surface area contributed by atoms with Gasteiger partial charge in [-0.15, -0.1) is 0 Å². The molecule has 220 valence electrons. The van der Waals surface area contributed by atoms with Crippen molar-refractivity contribution in [1.29, 1.82) is 0 Å². The first kappa shape index (κ1) is 32.3. The van der Waals surface area contributed by atoms with E-state index in [9.17, 15) is 24.0 Å². The highest BCUT2D eigenvalue weighted by molar-refractivity contribution is 5.92. The highest BCUT2D eigenvalue weighted by Gasteiger charge is 2.33. The molecule has 0 saturated carbocycles. The monoisotopic (exact) mass is 558 g/mol. The number of nitrogens with one attached hydrogen (secondary N) is 4. The molecule has 0 radical (unpaired) electrons. The molecule has 1 fully saturated rings. The van der Waals surface area contributed by atoms with Crippen molar-refractivity contribution >= 4 is 29.8 Å². The van der Waals surface area contributed by atoms with E-state index in [1.54, 1.807) is 71.9 Å². The van der Waals surface area contributed by atoms with Gasteiger partial charge in [-0.2, -0.15) is 0 Å². The molecule has 4 atom stereocenters. The number of ether oxygens (including phenoxy) is 2. The van der Waals surface area contributed by atoms with Crippen molar-refractivity contribution in [1.82, 2.24) is 21.3 Å². The van der Waals surface area contributed by atoms with Crippen LogP contribution in [0.25, 0.3) is 0 Å². The van der Waals surface area contributed by atoms with Gasteiger partial charge in [0.2, 0.25) is 17.7 Å². The van der Waals surface area contributed by atoms with Gasteiger partial charge in [0.15, 0.2) is 0 Å². The van der Waals surface area contributed by atoms with Gasteiger partial charge in [-0.25, -0.2) is 9.59 Å². The van der Waals surface area contributed by atoms with Gasteiger partial charge >= 0.3 is 12.1 Å². The molecule has 1 aromatic rings. The van der Waals surface area contributed by atoms with Crippen molar-refractivity contribution < 1.29 is 33.4 Å². The van der Waals surface area contributed by atoms with Crippen LogP contribution in [0.4, 0.5) is 4.79 Å². The molecule has 4 amide bonds. The predicted octanol–water partition coefficient (Wildman–Crippen LogP) is 2.52. The van der Waals surface area contributed by atoms with Crippen LogP contribution >= 0.6 is 0 Å². The zero-order chi connectivity index (χ0) is 29.9. The summed E-state index contributed by atoms with van der Waals surface area (Å²) in [4.78, 5) is 63.6. The molecular formula is C29H42N4O7. The van der Waals surface area contributed by atoms with Gasteiger partial charge in [0.1, 0.15) is 17.7 Å². The van der Waals surface area contributed by atoms with Crippen LogP contribution in [0.2, 0.25) is 0 Å². The van der Waals surface area contributed by atoms with Crippen molar-refractivity contribution in [2.24, 2.45) is 11.8 Å². The van der Waals surface area contributed by atoms with Crippen LogP contribution < -0.4 is 21.3 Å². The lowest BCUT2D eigenvalue weighted by Gasteiger charge is -2.28. The summed E-state index contributed by atoms with van der Waals surface area (Å²) in [6, 6.07) is 5.87. The molecule has 0 unspecified atom stereocenters. The maximum Gasteiger partial charge on any atom is 0.408 e. The molecular weight excluding hydrogens is 516 g/mol. The summed E-state index contributed by atoms with van der Waals surface area (Å²) < 4.78 is 10.3. The molecule has 1 aliphatic heterocycles. The second kappa shape index (κ2) is 15.0.